The van der Waals surface area contributed by atoms with E-state index in [2.05, 4.69) is 27.4 Å². The van der Waals surface area contributed by atoms with Crippen LogP contribution in [0.1, 0.15) is 17.3 Å². The van der Waals surface area contributed by atoms with Crippen molar-refractivity contribution in [2.24, 2.45) is 0 Å². The number of benzene rings is 3. The van der Waals surface area contributed by atoms with Crippen LogP contribution in [0.4, 0.5) is 27.4 Å². The van der Waals surface area contributed by atoms with Crippen molar-refractivity contribution in [3.63, 3.8) is 0 Å². The van der Waals surface area contributed by atoms with Gasteiger partial charge >= 0.3 is 0 Å². The van der Waals surface area contributed by atoms with Gasteiger partial charge in [-0.25, -0.2) is 19.3 Å². The van der Waals surface area contributed by atoms with Crippen LogP contribution in [0.2, 0.25) is 5.02 Å². The summed E-state index contributed by atoms with van der Waals surface area (Å²) in [4.78, 5) is 44.7. The Labute approximate surface area is 278 Å². The van der Waals surface area contributed by atoms with Crippen LogP contribution in [-0.2, 0) is 4.79 Å². The lowest BCUT2D eigenvalue weighted by molar-refractivity contribution is -0.121. The number of nitrogens with zero attached hydrogens (tertiary/aromatic N) is 6. The van der Waals surface area contributed by atoms with Crippen molar-refractivity contribution in [2.75, 3.05) is 41.7 Å². The zero-order chi connectivity index (χ0) is 32.5. The molecule has 236 valence electrons. The summed E-state index contributed by atoms with van der Waals surface area (Å²) >= 11 is 7.61. The fourth-order valence-corrected chi connectivity index (χ4v) is 6.51. The number of hydrogen-bond acceptors (Lipinski definition) is 8. The minimum Gasteiger partial charge on any atom is -0.324 e. The second-order valence-corrected chi connectivity index (χ2v) is 12.2. The van der Waals surface area contributed by atoms with Gasteiger partial charge in [-0.2, -0.15) is 0 Å². The standard InChI is InChI=1S/C34H28ClFN8O2S/c1-2-42-13-14-43(29(45)20-42)25-8-4-7-24(19-25)39-33-37-12-11-28(40-33)31-30(41-34-44(31)15-16-47-34)21-5-3-6-23(17-21)38-32(46)26-10-9-22(36)18-27(26)35/h3-12,15-19H,2,13-14,20H2,1H3,(H,38,46)(H,37,39,40). The van der Waals surface area contributed by atoms with E-state index < -0.39 is 11.7 Å². The number of anilines is 4. The number of hydrogen-bond donors (Lipinski definition) is 2. The van der Waals surface area contributed by atoms with Gasteiger partial charge in [-0.3, -0.25) is 18.9 Å². The number of piperazine rings is 1. The summed E-state index contributed by atoms with van der Waals surface area (Å²) in [5.74, 6) is -0.518. The van der Waals surface area contributed by atoms with E-state index in [0.717, 1.165) is 46.7 Å². The summed E-state index contributed by atoms with van der Waals surface area (Å²) in [7, 11) is 0. The molecule has 3 aromatic carbocycles. The zero-order valence-electron chi connectivity index (χ0n) is 25.2. The third-order valence-corrected chi connectivity index (χ3v) is 8.96. The SMILES string of the molecule is CCN1CCN(c2cccc(Nc3nccc(-c4c(-c5cccc(NC(=O)c6ccc(F)cc6Cl)c5)nc5sccn45)n3)c2)C(=O)C1. The number of carbonyl (C=O) groups excluding carboxylic acids is 2. The van der Waals surface area contributed by atoms with Gasteiger partial charge in [0.05, 0.1) is 28.5 Å². The molecule has 6 aromatic rings. The average molecular weight is 667 g/mol. The molecule has 0 bridgehead atoms. The van der Waals surface area contributed by atoms with Gasteiger partial charge < -0.3 is 15.5 Å². The van der Waals surface area contributed by atoms with Crippen LogP contribution >= 0.6 is 22.9 Å². The molecule has 0 atom stereocenters. The first-order valence-corrected chi connectivity index (χ1v) is 16.2. The minimum atomic E-state index is -0.519. The van der Waals surface area contributed by atoms with E-state index in [9.17, 15) is 14.0 Å². The van der Waals surface area contributed by atoms with E-state index in [1.807, 2.05) is 69.4 Å². The summed E-state index contributed by atoms with van der Waals surface area (Å²) in [6.45, 7) is 4.77. The Morgan fingerprint density at radius 1 is 1.02 bits per heavy atom. The maximum Gasteiger partial charge on any atom is 0.257 e. The monoisotopic (exact) mass is 666 g/mol. The Bertz CT molecular complexity index is 2130. The molecule has 13 heteroatoms. The largest absolute Gasteiger partial charge is 0.324 e. The molecule has 0 unspecified atom stereocenters. The summed E-state index contributed by atoms with van der Waals surface area (Å²) in [5.41, 5.74) is 5.08. The molecule has 0 radical (unpaired) electrons. The molecule has 7 rings (SSSR count). The van der Waals surface area contributed by atoms with Gasteiger partial charge in [0.25, 0.3) is 5.91 Å². The third kappa shape index (κ3) is 6.30. The number of carbonyl (C=O) groups is 2. The third-order valence-electron chi connectivity index (χ3n) is 7.89. The van der Waals surface area contributed by atoms with Gasteiger partial charge in [-0.1, -0.05) is 36.7 Å². The molecule has 3 aromatic heterocycles. The number of likely N-dealkylation sites (N-methyl/N-ethyl adjacent to an activating group) is 1. The maximum absolute atomic E-state index is 13.5. The highest BCUT2D eigenvalue weighted by Gasteiger charge is 2.24. The van der Waals surface area contributed by atoms with Crippen molar-refractivity contribution in [3.8, 4) is 22.6 Å². The highest BCUT2D eigenvalue weighted by molar-refractivity contribution is 7.15. The second-order valence-electron chi connectivity index (χ2n) is 10.9. The number of amides is 2. The minimum absolute atomic E-state index is 0.0264. The lowest BCUT2D eigenvalue weighted by Gasteiger charge is -2.33. The maximum atomic E-state index is 13.5. The molecule has 2 amide bonds. The molecule has 2 N–H and O–H groups in total. The Morgan fingerprint density at radius 3 is 2.70 bits per heavy atom. The zero-order valence-corrected chi connectivity index (χ0v) is 26.7. The number of rotatable bonds is 8. The van der Waals surface area contributed by atoms with Crippen molar-refractivity contribution < 1.29 is 14.0 Å². The first kappa shape index (κ1) is 30.5. The van der Waals surface area contributed by atoms with Crippen LogP contribution in [0.3, 0.4) is 0 Å². The first-order valence-electron chi connectivity index (χ1n) is 14.9. The quantitative estimate of drug-likeness (QED) is 0.181. The molecule has 1 aliphatic rings. The van der Waals surface area contributed by atoms with Crippen molar-refractivity contribution in [1.29, 1.82) is 0 Å². The number of fused-ring (bicyclic) bond motifs is 1. The van der Waals surface area contributed by atoms with Crippen LogP contribution in [0.15, 0.2) is 90.6 Å². The number of aromatic nitrogens is 4. The molecule has 47 heavy (non-hydrogen) atoms. The molecule has 0 spiro atoms. The summed E-state index contributed by atoms with van der Waals surface area (Å²) in [6.07, 6.45) is 3.61. The van der Waals surface area contributed by atoms with Crippen LogP contribution in [0.25, 0.3) is 27.6 Å². The van der Waals surface area contributed by atoms with Crippen molar-refractivity contribution in [2.45, 2.75) is 6.92 Å². The van der Waals surface area contributed by atoms with Gasteiger partial charge in [0.2, 0.25) is 11.9 Å². The van der Waals surface area contributed by atoms with Crippen LogP contribution < -0.4 is 15.5 Å². The molecule has 1 saturated heterocycles. The topological polar surface area (TPSA) is 108 Å². The molecule has 0 saturated carbocycles. The number of thiazole rings is 1. The van der Waals surface area contributed by atoms with Gasteiger partial charge in [0.1, 0.15) is 11.5 Å². The van der Waals surface area contributed by atoms with E-state index >= 15 is 0 Å². The fourth-order valence-electron chi connectivity index (χ4n) is 5.54. The molecular weight excluding hydrogens is 639 g/mol. The lowest BCUT2D eigenvalue weighted by Crippen LogP contribution is -2.50. The Balaban J connectivity index is 1.17. The van der Waals surface area contributed by atoms with Crippen molar-refractivity contribution in [1.82, 2.24) is 24.3 Å². The fraction of sp³-hybridized carbons (Fsp3) is 0.147. The summed E-state index contributed by atoms with van der Waals surface area (Å²) in [6, 6.07) is 20.4. The molecule has 0 aliphatic carbocycles. The molecule has 1 fully saturated rings. The molecule has 1 aliphatic heterocycles. The van der Waals surface area contributed by atoms with Gasteiger partial charge in [0.15, 0.2) is 4.96 Å². The van der Waals surface area contributed by atoms with E-state index in [-0.39, 0.29) is 16.5 Å². The Morgan fingerprint density at radius 2 is 1.87 bits per heavy atom. The van der Waals surface area contributed by atoms with Crippen molar-refractivity contribution in [3.05, 3.63) is 107 Å². The average Bonchev–Trinajstić information content (AvgIpc) is 3.67. The highest BCUT2D eigenvalue weighted by atomic mass is 35.5. The molecular formula is C34H28ClFN8O2S. The smallest absolute Gasteiger partial charge is 0.257 e. The van der Waals surface area contributed by atoms with Crippen LogP contribution in [-0.4, -0.2) is 62.2 Å². The van der Waals surface area contributed by atoms with E-state index in [4.69, 9.17) is 21.6 Å². The van der Waals surface area contributed by atoms with Gasteiger partial charge in [0, 0.05) is 53.5 Å². The van der Waals surface area contributed by atoms with Crippen LogP contribution in [0.5, 0.6) is 0 Å². The predicted octanol–water partition coefficient (Wildman–Crippen LogP) is 6.98. The molecule has 4 heterocycles. The van der Waals surface area contributed by atoms with E-state index in [1.165, 1.54) is 23.5 Å². The normalized spacial score (nSPS) is 13.7. The Kier molecular flexibility index (Phi) is 8.37. The van der Waals surface area contributed by atoms with Gasteiger partial charge in [-0.15, -0.1) is 11.3 Å². The lowest BCUT2D eigenvalue weighted by atomic mass is 10.1. The summed E-state index contributed by atoms with van der Waals surface area (Å²) in [5, 5.41) is 8.12. The first-order chi connectivity index (χ1) is 22.9. The number of nitrogens with one attached hydrogen (secondary N) is 2. The number of imidazole rings is 1. The van der Waals surface area contributed by atoms with Crippen LogP contribution in [0, 0.1) is 5.82 Å². The van der Waals surface area contributed by atoms with E-state index in [1.54, 1.807) is 12.3 Å². The van der Waals surface area contributed by atoms with Crippen molar-refractivity contribution >= 4 is 62.7 Å². The van der Waals surface area contributed by atoms with Gasteiger partial charge in [-0.05, 0) is 61.1 Å². The second kappa shape index (κ2) is 12.9. The highest BCUT2D eigenvalue weighted by Crippen LogP contribution is 2.35. The van der Waals surface area contributed by atoms with E-state index in [0.29, 0.717) is 36.1 Å². The molecule has 10 nitrogen and oxygen atoms in total. The summed E-state index contributed by atoms with van der Waals surface area (Å²) < 4.78 is 15.5. The Hall–Kier alpha value is -5.17. The number of halogens is 2. The predicted molar refractivity (Wildman–Crippen MR) is 183 cm³/mol.